The summed E-state index contributed by atoms with van der Waals surface area (Å²) in [6, 6.07) is 73.7. The van der Waals surface area contributed by atoms with Crippen LogP contribution in [0.1, 0.15) is 25.0 Å². The van der Waals surface area contributed by atoms with Crippen molar-refractivity contribution in [2.45, 2.75) is 20.4 Å². The molecule has 0 aliphatic rings. The number of para-hydroxylation sites is 3. The molecule has 12 aromatic rings. The van der Waals surface area contributed by atoms with Crippen LogP contribution in [0.15, 0.2) is 225 Å². The Morgan fingerprint density at radius 2 is 0.954 bits per heavy atom. The predicted molar refractivity (Wildman–Crippen MR) is 276 cm³/mol. The molecule has 0 bridgehead atoms. The number of allylic oxidation sites excluding steroid dienone is 3. The van der Waals surface area contributed by atoms with Gasteiger partial charge in [0.1, 0.15) is 0 Å². The Morgan fingerprint density at radius 3 is 1.66 bits per heavy atom. The van der Waals surface area contributed by atoms with Gasteiger partial charge < -0.3 is 19.4 Å². The fourth-order valence-corrected chi connectivity index (χ4v) is 9.63. The molecule has 0 fully saturated rings. The molecule has 5 nitrogen and oxygen atoms in total. The van der Waals surface area contributed by atoms with Crippen LogP contribution in [0.5, 0.6) is 0 Å². The summed E-state index contributed by atoms with van der Waals surface area (Å²) in [6.07, 6.45) is 6.27. The van der Waals surface area contributed by atoms with Crippen molar-refractivity contribution < 1.29 is 0 Å². The molecular weight excluding hydrogens is 791 g/mol. The quantitative estimate of drug-likeness (QED) is 0.155. The molecule has 0 unspecified atom stereocenters. The Labute approximate surface area is 378 Å². The van der Waals surface area contributed by atoms with Crippen molar-refractivity contribution in [2.75, 3.05) is 0 Å². The van der Waals surface area contributed by atoms with Gasteiger partial charge in [0.15, 0.2) is 0 Å². The van der Waals surface area contributed by atoms with E-state index in [2.05, 4.69) is 208 Å². The second kappa shape index (κ2) is 16.7. The Morgan fingerprint density at radius 1 is 0.446 bits per heavy atom. The van der Waals surface area contributed by atoms with E-state index in [0.717, 1.165) is 55.7 Å². The van der Waals surface area contributed by atoms with Crippen molar-refractivity contribution in [3.05, 3.63) is 236 Å². The van der Waals surface area contributed by atoms with E-state index in [1.54, 1.807) is 0 Å². The first kappa shape index (κ1) is 39.4. The molecule has 0 aliphatic heterocycles. The number of aromatic nitrogens is 4. The zero-order valence-electron chi connectivity index (χ0n) is 36.4. The van der Waals surface area contributed by atoms with Gasteiger partial charge in [0.05, 0.1) is 27.6 Å². The predicted octanol–water partition coefficient (Wildman–Crippen LogP) is 15.2. The van der Waals surface area contributed by atoms with E-state index in [4.69, 9.17) is 10.7 Å². The van der Waals surface area contributed by atoms with E-state index in [9.17, 15) is 0 Å². The highest BCUT2D eigenvalue weighted by Crippen LogP contribution is 2.38. The van der Waals surface area contributed by atoms with Crippen LogP contribution in [0.4, 0.5) is 0 Å². The largest absolute Gasteiger partial charge is 0.398 e. The first-order chi connectivity index (χ1) is 32.2. The maximum atomic E-state index is 6.70. The standard InChI is InChI=1S/C58H41N5.C2H6/c59-51(40-16-5-2-6-17-40)37-43(39-14-3-1-4-15-39)33-35-61-52-21-10-7-19-47(52)50-36-41(26-32-53(50)61)42-25-31-48-46-18-8-11-22-54(46)63(57(48)38-42)45-29-27-44(28-30-45)62-55-23-12-9-20-49(55)58-56(62)24-13-34-60-58;1-2/h1-34,36-38H,35,59H2;1-2H3/b43-33+,51-37-;. The van der Waals surface area contributed by atoms with Gasteiger partial charge in [0, 0.05) is 67.8 Å². The van der Waals surface area contributed by atoms with Crippen LogP contribution >= 0.6 is 0 Å². The summed E-state index contributed by atoms with van der Waals surface area (Å²) in [6.45, 7) is 4.69. The summed E-state index contributed by atoms with van der Waals surface area (Å²) in [5.74, 6) is 0. The summed E-state index contributed by atoms with van der Waals surface area (Å²) >= 11 is 0. The molecule has 65 heavy (non-hydrogen) atoms. The number of nitrogens with two attached hydrogens (primary N) is 1. The van der Waals surface area contributed by atoms with Gasteiger partial charge in [-0.25, -0.2) is 0 Å². The van der Waals surface area contributed by atoms with Crippen LogP contribution in [-0.4, -0.2) is 18.7 Å². The normalized spacial score (nSPS) is 12.2. The van der Waals surface area contributed by atoms with Crippen molar-refractivity contribution in [1.82, 2.24) is 18.7 Å². The lowest BCUT2D eigenvalue weighted by atomic mass is 10.0. The van der Waals surface area contributed by atoms with Gasteiger partial charge in [-0.15, -0.1) is 0 Å². The minimum absolute atomic E-state index is 0.685. The minimum atomic E-state index is 0.685. The van der Waals surface area contributed by atoms with E-state index in [0.29, 0.717) is 6.54 Å². The van der Waals surface area contributed by atoms with Gasteiger partial charge in [-0.2, -0.15) is 0 Å². The molecule has 0 amide bonds. The molecule has 12 rings (SSSR count). The third-order valence-corrected chi connectivity index (χ3v) is 12.6. The van der Waals surface area contributed by atoms with Crippen LogP contribution < -0.4 is 5.73 Å². The fraction of sp³-hybridized carbons (Fsp3) is 0.0500. The van der Waals surface area contributed by atoms with Crippen molar-refractivity contribution >= 4 is 76.8 Å². The molecule has 0 radical (unpaired) electrons. The molecule has 0 spiro atoms. The smallest absolute Gasteiger partial charge is 0.0963 e. The van der Waals surface area contributed by atoms with Crippen LogP contribution in [0.25, 0.3) is 99.3 Å². The van der Waals surface area contributed by atoms with Crippen molar-refractivity contribution in [2.24, 2.45) is 5.73 Å². The number of rotatable bonds is 8. The second-order valence-electron chi connectivity index (χ2n) is 16.2. The lowest BCUT2D eigenvalue weighted by Crippen LogP contribution is -1.99. The van der Waals surface area contributed by atoms with E-state index >= 15 is 0 Å². The van der Waals surface area contributed by atoms with Gasteiger partial charge in [-0.05, 0) is 107 Å². The summed E-state index contributed by atoms with van der Waals surface area (Å²) in [5.41, 5.74) is 23.2. The fourth-order valence-electron chi connectivity index (χ4n) is 9.63. The summed E-state index contributed by atoms with van der Waals surface area (Å²) in [4.78, 5) is 4.76. The second-order valence-corrected chi connectivity index (χ2v) is 16.2. The van der Waals surface area contributed by atoms with E-state index < -0.39 is 0 Å². The number of hydrogen-bond acceptors (Lipinski definition) is 2. The Kier molecular flexibility index (Phi) is 10.1. The Balaban J connectivity index is 0.00000231. The number of benzene rings is 8. The molecule has 0 saturated carbocycles. The highest BCUT2D eigenvalue weighted by atomic mass is 15.0. The van der Waals surface area contributed by atoms with Gasteiger partial charge in [-0.3, -0.25) is 4.98 Å². The van der Waals surface area contributed by atoms with Gasteiger partial charge in [-0.1, -0.05) is 153 Å². The number of pyridine rings is 1. The molecule has 0 aliphatic carbocycles. The molecule has 8 aromatic carbocycles. The highest BCUT2D eigenvalue weighted by molar-refractivity contribution is 6.12. The summed E-state index contributed by atoms with van der Waals surface area (Å²) < 4.78 is 7.14. The van der Waals surface area contributed by atoms with Gasteiger partial charge in [0.2, 0.25) is 0 Å². The van der Waals surface area contributed by atoms with Gasteiger partial charge >= 0.3 is 0 Å². The number of hydrogen-bond donors (Lipinski definition) is 1. The molecule has 0 saturated heterocycles. The highest BCUT2D eigenvalue weighted by Gasteiger charge is 2.17. The van der Waals surface area contributed by atoms with E-state index in [1.807, 2.05) is 44.3 Å². The third kappa shape index (κ3) is 6.86. The van der Waals surface area contributed by atoms with Crippen molar-refractivity contribution in [3.8, 4) is 22.5 Å². The third-order valence-electron chi connectivity index (χ3n) is 12.6. The van der Waals surface area contributed by atoms with Crippen molar-refractivity contribution in [1.29, 1.82) is 0 Å². The van der Waals surface area contributed by atoms with E-state index in [-0.39, 0.29) is 0 Å². The summed E-state index contributed by atoms with van der Waals surface area (Å²) in [7, 11) is 0. The average Bonchev–Trinajstić information content (AvgIpc) is 4.01. The molecule has 5 heteroatoms. The lowest BCUT2D eigenvalue weighted by Gasteiger charge is -2.12. The number of fused-ring (bicyclic) bond motifs is 9. The van der Waals surface area contributed by atoms with Crippen LogP contribution in [-0.2, 0) is 6.54 Å². The monoisotopic (exact) mass is 837 g/mol. The first-order valence-corrected chi connectivity index (χ1v) is 22.5. The molecule has 4 aromatic heterocycles. The van der Waals surface area contributed by atoms with E-state index in [1.165, 1.54) is 54.7 Å². The van der Waals surface area contributed by atoms with Gasteiger partial charge in [0.25, 0.3) is 0 Å². The Hall–Kier alpha value is -8.41. The summed E-state index contributed by atoms with van der Waals surface area (Å²) in [5, 5.41) is 6.08. The maximum absolute atomic E-state index is 6.70. The topological polar surface area (TPSA) is 53.7 Å². The average molecular weight is 838 g/mol. The van der Waals surface area contributed by atoms with Crippen molar-refractivity contribution in [3.63, 3.8) is 0 Å². The Bertz CT molecular complexity index is 3700. The SMILES string of the molecule is CC.N/C(=C\C(=C/Cn1c2ccccc2c2cc(-c3ccc4c5ccccc5n(-c5ccc(-n6c7ccccc7c7ncccc76)cc5)c4c3)ccc21)c1ccccc1)c1ccccc1. The van der Waals surface area contributed by atoms with Crippen LogP contribution in [0.2, 0.25) is 0 Å². The molecular formula is C60H47N5. The molecule has 312 valence electrons. The zero-order valence-corrected chi connectivity index (χ0v) is 36.4. The maximum Gasteiger partial charge on any atom is 0.0963 e. The lowest BCUT2D eigenvalue weighted by molar-refractivity contribution is 0.900. The molecule has 0 atom stereocenters. The number of nitrogens with zero attached hydrogens (tertiary/aromatic N) is 4. The molecule has 4 heterocycles. The zero-order chi connectivity index (χ0) is 43.9. The minimum Gasteiger partial charge on any atom is -0.398 e. The van der Waals surface area contributed by atoms with Crippen LogP contribution in [0.3, 0.4) is 0 Å². The van der Waals surface area contributed by atoms with Crippen LogP contribution in [0, 0.1) is 0 Å². The first-order valence-electron chi connectivity index (χ1n) is 22.5. The molecule has 2 N–H and O–H groups in total.